The lowest BCUT2D eigenvalue weighted by Crippen LogP contribution is -2.59. The SMILES string of the molecule is CCC(CC)NC(=O)O[C@H]1CC[C@@]23CCCN2C(=O)CCC[C@H]3[C@H]1Cc1ccccc1. The minimum atomic E-state index is -0.277. The number of nitrogens with one attached hydrogen (secondary N) is 1. The molecule has 5 nitrogen and oxygen atoms in total. The van der Waals surface area contributed by atoms with Crippen molar-refractivity contribution in [1.29, 1.82) is 0 Å². The Hall–Kier alpha value is -2.04. The summed E-state index contributed by atoms with van der Waals surface area (Å²) in [7, 11) is 0. The number of hydrogen-bond donors (Lipinski definition) is 1. The first kappa shape index (κ1) is 22.2. The van der Waals surface area contributed by atoms with Crippen molar-refractivity contribution in [1.82, 2.24) is 10.2 Å². The normalized spacial score (nSPS) is 30.5. The average Bonchev–Trinajstić information content (AvgIpc) is 3.15. The molecule has 170 valence electrons. The fraction of sp³-hybridized carbons (Fsp3) is 0.692. The summed E-state index contributed by atoms with van der Waals surface area (Å²) in [6.07, 6.45) is 9.00. The Morgan fingerprint density at radius 3 is 2.68 bits per heavy atom. The first-order valence-corrected chi connectivity index (χ1v) is 12.4. The Labute approximate surface area is 186 Å². The number of carbonyl (C=O) groups excluding carboxylic acids is 2. The summed E-state index contributed by atoms with van der Waals surface area (Å²) in [6, 6.07) is 10.7. The molecule has 2 heterocycles. The summed E-state index contributed by atoms with van der Waals surface area (Å²) in [4.78, 5) is 27.9. The van der Waals surface area contributed by atoms with Crippen LogP contribution in [0, 0.1) is 11.8 Å². The van der Waals surface area contributed by atoms with E-state index in [-0.39, 0.29) is 29.7 Å². The second kappa shape index (κ2) is 9.62. The summed E-state index contributed by atoms with van der Waals surface area (Å²) in [5.74, 6) is 0.973. The van der Waals surface area contributed by atoms with E-state index >= 15 is 0 Å². The van der Waals surface area contributed by atoms with Gasteiger partial charge in [0.25, 0.3) is 0 Å². The molecule has 2 saturated heterocycles. The van der Waals surface area contributed by atoms with Crippen molar-refractivity contribution in [3.8, 4) is 0 Å². The number of alkyl carbamates (subject to hydrolysis) is 1. The van der Waals surface area contributed by atoms with Crippen LogP contribution in [-0.4, -0.2) is 41.1 Å². The van der Waals surface area contributed by atoms with E-state index in [2.05, 4.69) is 48.3 Å². The summed E-state index contributed by atoms with van der Waals surface area (Å²) in [5, 5.41) is 3.06. The lowest BCUT2D eigenvalue weighted by molar-refractivity contribution is -0.141. The van der Waals surface area contributed by atoms with E-state index < -0.39 is 0 Å². The number of benzene rings is 1. The fourth-order valence-corrected chi connectivity index (χ4v) is 6.60. The molecule has 3 aliphatic rings. The van der Waals surface area contributed by atoms with Gasteiger partial charge in [-0.3, -0.25) is 4.79 Å². The first-order valence-electron chi connectivity index (χ1n) is 12.4. The van der Waals surface area contributed by atoms with Crippen LogP contribution in [0.4, 0.5) is 4.79 Å². The van der Waals surface area contributed by atoms with Crippen molar-refractivity contribution in [3.63, 3.8) is 0 Å². The molecule has 31 heavy (non-hydrogen) atoms. The zero-order valence-electron chi connectivity index (χ0n) is 19.1. The van der Waals surface area contributed by atoms with E-state index in [4.69, 9.17) is 4.74 Å². The van der Waals surface area contributed by atoms with Gasteiger partial charge in [-0.2, -0.15) is 0 Å². The highest BCUT2D eigenvalue weighted by Gasteiger charge is 2.56. The van der Waals surface area contributed by atoms with Crippen LogP contribution in [0.1, 0.15) is 77.2 Å². The molecule has 1 spiro atoms. The zero-order valence-corrected chi connectivity index (χ0v) is 19.1. The number of carbonyl (C=O) groups is 2. The van der Waals surface area contributed by atoms with Crippen LogP contribution >= 0.6 is 0 Å². The van der Waals surface area contributed by atoms with E-state index in [1.807, 2.05) is 6.07 Å². The smallest absolute Gasteiger partial charge is 0.407 e. The van der Waals surface area contributed by atoms with Crippen molar-refractivity contribution < 1.29 is 14.3 Å². The van der Waals surface area contributed by atoms with Gasteiger partial charge in [0.05, 0.1) is 0 Å². The Morgan fingerprint density at radius 2 is 1.94 bits per heavy atom. The highest BCUT2D eigenvalue weighted by Crippen LogP contribution is 2.53. The molecule has 4 atom stereocenters. The summed E-state index contributed by atoms with van der Waals surface area (Å²) < 4.78 is 6.12. The maximum absolute atomic E-state index is 12.9. The minimum Gasteiger partial charge on any atom is -0.446 e. The van der Waals surface area contributed by atoms with Gasteiger partial charge < -0.3 is 15.0 Å². The molecule has 0 bridgehead atoms. The molecule has 1 saturated carbocycles. The topological polar surface area (TPSA) is 58.6 Å². The van der Waals surface area contributed by atoms with Gasteiger partial charge in [0.1, 0.15) is 6.10 Å². The van der Waals surface area contributed by atoms with Crippen LogP contribution < -0.4 is 5.32 Å². The molecule has 1 aromatic rings. The number of nitrogens with zero attached hydrogens (tertiary/aromatic N) is 1. The average molecular weight is 427 g/mol. The molecule has 1 N–H and O–H groups in total. The highest BCUT2D eigenvalue weighted by molar-refractivity contribution is 5.78. The van der Waals surface area contributed by atoms with Gasteiger partial charge in [-0.25, -0.2) is 4.79 Å². The van der Waals surface area contributed by atoms with Crippen LogP contribution in [0.15, 0.2) is 30.3 Å². The highest BCUT2D eigenvalue weighted by atomic mass is 16.6. The molecule has 2 amide bonds. The van der Waals surface area contributed by atoms with E-state index in [1.54, 1.807) is 0 Å². The molecular formula is C26H38N2O3. The molecule has 1 aliphatic carbocycles. The van der Waals surface area contributed by atoms with E-state index in [9.17, 15) is 9.59 Å². The van der Waals surface area contributed by atoms with Crippen molar-refractivity contribution >= 4 is 12.0 Å². The molecular weight excluding hydrogens is 388 g/mol. The maximum atomic E-state index is 12.9. The van der Waals surface area contributed by atoms with Crippen molar-refractivity contribution in [2.24, 2.45) is 11.8 Å². The molecule has 0 unspecified atom stereocenters. The predicted molar refractivity (Wildman–Crippen MR) is 122 cm³/mol. The third-order valence-electron chi connectivity index (χ3n) is 8.16. The van der Waals surface area contributed by atoms with Gasteiger partial charge in [0.15, 0.2) is 0 Å². The number of amides is 2. The summed E-state index contributed by atoms with van der Waals surface area (Å²) in [5.41, 5.74) is 1.26. The van der Waals surface area contributed by atoms with Crippen molar-refractivity contribution in [3.05, 3.63) is 35.9 Å². The van der Waals surface area contributed by atoms with Gasteiger partial charge in [-0.05, 0) is 69.3 Å². The lowest BCUT2D eigenvalue weighted by Gasteiger charge is -2.52. The fourth-order valence-electron chi connectivity index (χ4n) is 6.60. The molecule has 3 fully saturated rings. The Kier molecular flexibility index (Phi) is 6.88. The number of hydrogen-bond acceptors (Lipinski definition) is 3. The third kappa shape index (κ3) is 4.47. The van der Waals surface area contributed by atoms with Crippen LogP contribution in [0.3, 0.4) is 0 Å². The second-order valence-electron chi connectivity index (χ2n) is 9.74. The molecule has 1 aromatic carbocycles. The Balaban J connectivity index is 1.60. The molecule has 0 radical (unpaired) electrons. The third-order valence-corrected chi connectivity index (χ3v) is 8.16. The standard InChI is InChI=1S/C26H38N2O3/c1-3-20(4-2)27-25(30)31-23-14-16-26-15-9-17-28(26)24(29)13-8-12-22(26)21(23)18-19-10-6-5-7-11-19/h5-7,10-11,20-23H,3-4,8-9,12-18H2,1-2H3,(H,27,30)/t21-,22+,23+,26-/m1/s1. The van der Waals surface area contributed by atoms with Gasteiger partial charge in [-0.1, -0.05) is 44.2 Å². The molecule has 4 rings (SSSR count). The quantitative estimate of drug-likeness (QED) is 0.690. The van der Waals surface area contributed by atoms with Gasteiger partial charge >= 0.3 is 6.09 Å². The van der Waals surface area contributed by atoms with E-state index in [0.29, 0.717) is 18.2 Å². The largest absolute Gasteiger partial charge is 0.446 e. The van der Waals surface area contributed by atoms with Crippen LogP contribution in [0.5, 0.6) is 0 Å². The first-order chi connectivity index (χ1) is 15.1. The van der Waals surface area contributed by atoms with E-state index in [1.165, 1.54) is 5.56 Å². The second-order valence-corrected chi connectivity index (χ2v) is 9.74. The number of rotatable bonds is 6. The molecule has 2 aliphatic heterocycles. The number of ether oxygens (including phenoxy) is 1. The minimum absolute atomic E-state index is 0.0290. The zero-order chi connectivity index (χ0) is 21.8. The summed E-state index contributed by atoms with van der Waals surface area (Å²) >= 11 is 0. The van der Waals surface area contributed by atoms with Crippen LogP contribution in [0.25, 0.3) is 0 Å². The van der Waals surface area contributed by atoms with Gasteiger partial charge in [-0.15, -0.1) is 0 Å². The Morgan fingerprint density at radius 1 is 1.16 bits per heavy atom. The maximum Gasteiger partial charge on any atom is 0.407 e. The predicted octanol–water partition coefficient (Wildman–Crippen LogP) is 5.08. The molecule has 5 heteroatoms. The Bertz CT molecular complexity index is 763. The summed E-state index contributed by atoms with van der Waals surface area (Å²) in [6.45, 7) is 5.08. The van der Waals surface area contributed by atoms with Crippen molar-refractivity contribution in [2.75, 3.05) is 6.54 Å². The van der Waals surface area contributed by atoms with E-state index in [0.717, 1.165) is 64.3 Å². The van der Waals surface area contributed by atoms with Crippen LogP contribution in [-0.2, 0) is 16.0 Å². The van der Waals surface area contributed by atoms with Crippen molar-refractivity contribution in [2.45, 2.75) is 95.7 Å². The van der Waals surface area contributed by atoms with Gasteiger partial charge in [0.2, 0.25) is 5.91 Å². The van der Waals surface area contributed by atoms with Gasteiger partial charge in [0, 0.05) is 30.5 Å². The lowest BCUT2D eigenvalue weighted by atomic mass is 9.62. The monoisotopic (exact) mass is 426 g/mol. The molecule has 0 aromatic heterocycles. The van der Waals surface area contributed by atoms with Crippen LogP contribution in [0.2, 0.25) is 0 Å².